The summed E-state index contributed by atoms with van der Waals surface area (Å²) in [5, 5.41) is 4.90. The number of rotatable bonds is 4. The average Bonchev–Trinajstić information content (AvgIpc) is 2.25. The third kappa shape index (κ3) is 2.90. The molecule has 0 amide bonds. The molecule has 0 aromatic carbocycles. The number of hydrogen-bond donors (Lipinski definition) is 1. The molecule has 1 aromatic rings. The van der Waals surface area contributed by atoms with Crippen LogP contribution in [-0.4, -0.2) is 16.1 Å². The zero-order valence-electron chi connectivity index (χ0n) is 9.05. The Labute approximate surface area is 104 Å². The van der Waals surface area contributed by atoms with Gasteiger partial charge in [-0.1, -0.05) is 6.92 Å². The third-order valence-corrected chi connectivity index (χ3v) is 2.41. The molecule has 0 aliphatic heterocycles. The van der Waals surface area contributed by atoms with Gasteiger partial charge in [0.15, 0.2) is 0 Å². The number of pyridine rings is 1. The molecule has 1 N–H and O–H groups in total. The van der Waals surface area contributed by atoms with E-state index in [0.717, 1.165) is 6.07 Å². The fourth-order valence-corrected chi connectivity index (χ4v) is 1.55. The van der Waals surface area contributed by atoms with Gasteiger partial charge in [-0.15, -0.1) is 0 Å². The Hall–Kier alpha value is -1.37. The van der Waals surface area contributed by atoms with Gasteiger partial charge in [0, 0.05) is 0 Å². The first-order chi connectivity index (χ1) is 8.18. The number of carboxylic acid groups (broad SMARTS) is 1. The molecule has 18 heavy (non-hydrogen) atoms. The number of carbonyl (C=O) groups is 1. The second kappa shape index (κ2) is 5.09. The fourth-order valence-electron chi connectivity index (χ4n) is 1.45. The largest absolute Gasteiger partial charge is 0.478 e. The van der Waals surface area contributed by atoms with Crippen LogP contribution in [0, 0.1) is 0 Å². The molecule has 100 valence electrons. The minimum Gasteiger partial charge on any atom is -0.478 e. The Bertz CT molecular complexity index is 474. The van der Waals surface area contributed by atoms with Crippen molar-refractivity contribution in [3.05, 3.63) is 28.6 Å². The minimum absolute atomic E-state index is 0.0101. The van der Waals surface area contributed by atoms with E-state index in [-0.39, 0.29) is 12.0 Å². The molecule has 1 aromatic heterocycles. The number of carboxylic acids is 1. The first-order valence-corrected chi connectivity index (χ1v) is 5.18. The van der Waals surface area contributed by atoms with Crippen LogP contribution in [0.1, 0.15) is 40.7 Å². The van der Waals surface area contributed by atoms with Gasteiger partial charge in [0.1, 0.15) is 11.4 Å². The molecular weight excluding hydrogens is 278 g/mol. The Kier molecular flexibility index (Phi) is 4.16. The molecule has 0 bridgehead atoms. The lowest BCUT2D eigenvalue weighted by molar-refractivity contribution is 0.0672. The van der Waals surface area contributed by atoms with Crippen molar-refractivity contribution in [2.45, 2.75) is 25.2 Å². The van der Waals surface area contributed by atoms with Gasteiger partial charge < -0.3 is 5.11 Å². The number of aromatic carboxylic acids is 1. The number of nitrogens with zero attached hydrogens (tertiary/aromatic N) is 1. The molecule has 0 saturated heterocycles. The first-order valence-electron chi connectivity index (χ1n) is 4.81. The highest BCUT2D eigenvalue weighted by molar-refractivity contribution is 6.21. The van der Waals surface area contributed by atoms with Crippen LogP contribution < -0.4 is 0 Å². The summed E-state index contributed by atoms with van der Waals surface area (Å²) in [5.74, 6) is -1.64. The van der Waals surface area contributed by atoms with E-state index < -0.39 is 34.7 Å². The zero-order chi connectivity index (χ0) is 14.1. The van der Waals surface area contributed by atoms with E-state index in [1.807, 2.05) is 0 Å². The van der Waals surface area contributed by atoms with Gasteiger partial charge in [-0.05, 0) is 29.7 Å². The molecular formula is C10H8ClF4NO2. The zero-order valence-corrected chi connectivity index (χ0v) is 9.81. The van der Waals surface area contributed by atoms with E-state index in [1.54, 1.807) is 0 Å². The molecule has 1 heterocycles. The van der Waals surface area contributed by atoms with Crippen LogP contribution >= 0.6 is 11.6 Å². The summed E-state index contributed by atoms with van der Waals surface area (Å²) in [4.78, 5) is 13.8. The topological polar surface area (TPSA) is 50.2 Å². The summed E-state index contributed by atoms with van der Waals surface area (Å²) in [6, 6.07) is 0.725. The standard InChI is InChI=1S/C10H8ClF4NO2/c1-2-4-3-5(10(11,14)15)16-7(8(12)13)6(4)9(17)18/h3,8H,2H2,1H3,(H,17,18). The molecule has 0 atom stereocenters. The van der Waals surface area contributed by atoms with Crippen LogP contribution in [-0.2, 0) is 11.8 Å². The molecule has 0 fully saturated rings. The van der Waals surface area contributed by atoms with E-state index in [4.69, 9.17) is 16.7 Å². The lowest BCUT2D eigenvalue weighted by Gasteiger charge is -2.14. The molecule has 0 radical (unpaired) electrons. The second-order valence-corrected chi connectivity index (χ2v) is 3.86. The van der Waals surface area contributed by atoms with Crippen molar-refractivity contribution in [3.8, 4) is 0 Å². The average molecular weight is 286 g/mol. The molecule has 0 unspecified atom stereocenters. The van der Waals surface area contributed by atoms with Crippen LogP contribution in [0.4, 0.5) is 17.6 Å². The minimum atomic E-state index is -3.93. The summed E-state index contributed by atoms with van der Waals surface area (Å²) < 4.78 is 51.0. The van der Waals surface area contributed by atoms with Crippen molar-refractivity contribution in [2.24, 2.45) is 0 Å². The third-order valence-electron chi connectivity index (χ3n) is 2.22. The highest BCUT2D eigenvalue weighted by Gasteiger charge is 2.34. The van der Waals surface area contributed by atoms with E-state index >= 15 is 0 Å². The second-order valence-electron chi connectivity index (χ2n) is 3.38. The number of hydrogen-bond acceptors (Lipinski definition) is 2. The fraction of sp³-hybridized carbons (Fsp3) is 0.400. The lowest BCUT2D eigenvalue weighted by Crippen LogP contribution is -2.16. The van der Waals surface area contributed by atoms with E-state index in [9.17, 15) is 22.4 Å². The van der Waals surface area contributed by atoms with Gasteiger partial charge in [-0.2, -0.15) is 8.78 Å². The summed E-state index contributed by atoms with van der Waals surface area (Å²) in [6.45, 7) is 1.45. The highest BCUT2D eigenvalue weighted by atomic mass is 35.5. The van der Waals surface area contributed by atoms with Crippen molar-refractivity contribution in [1.29, 1.82) is 0 Å². The SMILES string of the molecule is CCc1cc(C(F)(F)Cl)nc(C(F)F)c1C(=O)O. The van der Waals surface area contributed by atoms with Gasteiger partial charge in [-0.3, -0.25) is 0 Å². The molecule has 8 heteroatoms. The van der Waals surface area contributed by atoms with Crippen molar-refractivity contribution in [3.63, 3.8) is 0 Å². The van der Waals surface area contributed by atoms with E-state index in [1.165, 1.54) is 6.92 Å². The van der Waals surface area contributed by atoms with Gasteiger partial charge >= 0.3 is 11.4 Å². The number of alkyl halides is 5. The first kappa shape index (κ1) is 14.7. The predicted octanol–water partition coefficient (Wildman–Crippen LogP) is 3.57. The van der Waals surface area contributed by atoms with E-state index in [2.05, 4.69) is 4.98 Å². The van der Waals surface area contributed by atoms with Gasteiger partial charge in [0.25, 0.3) is 6.43 Å². The van der Waals surface area contributed by atoms with Crippen LogP contribution in [0.2, 0.25) is 0 Å². The molecule has 3 nitrogen and oxygen atoms in total. The normalized spacial score (nSPS) is 11.9. The molecule has 0 aliphatic carbocycles. The predicted molar refractivity (Wildman–Crippen MR) is 55.3 cm³/mol. The molecule has 0 saturated carbocycles. The summed E-state index contributed by atoms with van der Waals surface area (Å²) in [6.07, 6.45) is -3.29. The van der Waals surface area contributed by atoms with Gasteiger partial charge in [0.2, 0.25) is 0 Å². The maximum absolute atomic E-state index is 12.9. The maximum atomic E-state index is 12.9. The lowest BCUT2D eigenvalue weighted by atomic mass is 10.0. The Morgan fingerprint density at radius 1 is 1.56 bits per heavy atom. The van der Waals surface area contributed by atoms with Crippen LogP contribution in [0.15, 0.2) is 6.07 Å². The Morgan fingerprint density at radius 2 is 2.11 bits per heavy atom. The maximum Gasteiger partial charge on any atom is 0.364 e. The van der Waals surface area contributed by atoms with Gasteiger partial charge in [0.05, 0.1) is 5.56 Å². The molecule has 1 rings (SSSR count). The number of aryl methyl sites for hydroxylation is 1. The summed E-state index contributed by atoms with van der Waals surface area (Å²) >= 11 is 4.71. The van der Waals surface area contributed by atoms with Gasteiger partial charge in [-0.25, -0.2) is 18.6 Å². The summed E-state index contributed by atoms with van der Waals surface area (Å²) in [5.41, 5.74) is -3.20. The smallest absolute Gasteiger partial charge is 0.364 e. The monoisotopic (exact) mass is 285 g/mol. The van der Waals surface area contributed by atoms with Crippen molar-refractivity contribution in [1.82, 2.24) is 4.98 Å². The van der Waals surface area contributed by atoms with Crippen LogP contribution in [0.3, 0.4) is 0 Å². The Morgan fingerprint density at radius 3 is 2.44 bits per heavy atom. The molecule has 0 aliphatic rings. The van der Waals surface area contributed by atoms with Crippen LogP contribution in [0.5, 0.6) is 0 Å². The Balaban J connectivity index is 3.59. The summed E-state index contributed by atoms with van der Waals surface area (Å²) in [7, 11) is 0. The highest BCUT2D eigenvalue weighted by Crippen LogP contribution is 2.34. The number of halogens is 5. The van der Waals surface area contributed by atoms with Crippen molar-refractivity contribution < 1.29 is 27.5 Å². The quantitative estimate of drug-likeness (QED) is 0.679. The van der Waals surface area contributed by atoms with Crippen molar-refractivity contribution >= 4 is 17.6 Å². The van der Waals surface area contributed by atoms with Crippen molar-refractivity contribution in [2.75, 3.05) is 0 Å². The molecule has 0 spiro atoms. The van der Waals surface area contributed by atoms with E-state index in [0.29, 0.717) is 0 Å². The van der Waals surface area contributed by atoms with Crippen LogP contribution in [0.25, 0.3) is 0 Å². The number of aromatic nitrogens is 1.